The summed E-state index contributed by atoms with van der Waals surface area (Å²) in [7, 11) is 0. The molecule has 0 radical (unpaired) electrons. The van der Waals surface area contributed by atoms with E-state index in [9.17, 15) is 0 Å². The average Bonchev–Trinajstić information content (AvgIpc) is 3.68. The molecule has 0 aliphatic heterocycles. The van der Waals surface area contributed by atoms with Crippen LogP contribution in [0.15, 0.2) is 150 Å². The number of fused-ring (bicyclic) bond motifs is 12. The van der Waals surface area contributed by atoms with Gasteiger partial charge in [0.15, 0.2) is 5.69 Å². The predicted molar refractivity (Wildman–Crippen MR) is 216 cm³/mol. The first-order chi connectivity index (χ1) is 25.5. The quantitative estimate of drug-likeness (QED) is 0.105. The molecule has 242 valence electrons. The van der Waals surface area contributed by atoms with E-state index in [1.165, 1.54) is 44.2 Å². The lowest BCUT2D eigenvalue weighted by atomic mass is 9.80. The number of benzene rings is 8. The number of hydrogen-bond donors (Lipinski definition) is 0. The van der Waals surface area contributed by atoms with E-state index < -0.39 is 0 Å². The first-order valence-corrected chi connectivity index (χ1v) is 17.7. The van der Waals surface area contributed by atoms with E-state index in [0.717, 1.165) is 65.6 Å². The van der Waals surface area contributed by atoms with Gasteiger partial charge in [0.25, 0.3) is 0 Å². The Morgan fingerprint density at radius 2 is 1.12 bits per heavy atom. The number of nitrogens with zero attached hydrogens (tertiary/aromatic N) is 2. The van der Waals surface area contributed by atoms with Crippen molar-refractivity contribution in [3.05, 3.63) is 168 Å². The number of aromatic nitrogens is 1. The van der Waals surface area contributed by atoms with E-state index in [4.69, 9.17) is 16.0 Å². The predicted octanol–water partition coefficient (Wildman–Crippen LogP) is 13.8. The van der Waals surface area contributed by atoms with Gasteiger partial charge in [-0.15, -0.1) is 0 Å². The van der Waals surface area contributed by atoms with Crippen LogP contribution in [0.2, 0.25) is 0 Å². The zero-order valence-corrected chi connectivity index (χ0v) is 28.7. The molecule has 52 heavy (non-hydrogen) atoms. The van der Waals surface area contributed by atoms with Crippen molar-refractivity contribution in [3.63, 3.8) is 0 Å². The van der Waals surface area contributed by atoms with E-state index in [1.54, 1.807) is 0 Å². The highest BCUT2D eigenvalue weighted by atomic mass is 16.3. The normalized spacial score (nSPS) is 13.3. The van der Waals surface area contributed by atoms with Crippen molar-refractivity contribution in [3.8, 4) is 33.5 Å². The van der Waals surface area contributed by atoms with Gasteiger partial charge in [0.05, 0.1) is 17.8 Å². The molecule has 0 atom stereocenters. The molecule has 0 saturated heterocycles. The molecule has 8 aromatic carbocycles. The maximum absolute atomic E-state index is 7.63. The van der Waals surface area contributed by atoms with Crippen LogP contribution in [0.1, 0.15) is 25.0 Å². The second-order valence-electron chi connectivity index (χ2n) is 14.5. The molecular weight excluding hydrogens is 633 g/mol. The maximum atomic E-state index is 7.63. The number of furan rings is 1. The first-order valence-electron chi connectivity index (χ1n) is 17.7. The minimum absolute atomic E-state index is 0.233. The van der Waals surface area contributed by atoms with Gasteiger partial charge in [-0.05, 0) is 79.2 Å². The smallest absolute Gasteiger partial charge is 0.187 e. The second kappa shape index (κ2) is 10.4. The molecule has 2 heterocycles. The highest BCUT2D eigenvalue weighted by Crippen LogP contribution is 2.52. The van der Waals surface area contributed by atoms with Gasteiger partial charge in [-0.1, -0.05) is 135 Å². The van der Waals surface area contributed by atoms with Crippen molar-refractivity contribution in [2.24, 2.45) is 0 Å². The Balaban J connectivity index is 1.23. The van der Waals surface area contributed by atoms with Crippen molar-refractivity contribution >= 4 is 70.8 Å². The van der Waals surface area contributed by atoms with Gasteiger partial charge in [-0.3, -0.25) is 0 Å². The molecule has 0 spiro atoms. The zero-order valence-electron chi connectivity index (χ0n) is 28.7. The lowest BCUT2D eigenvalue weighted by Gasteiger charge is -2.23. The molecular formula is C49H30N2O. The summed E-state index contributed by atoms with van der Waals surface area (Å²) in [6.45, 7) is 12.2. The Kier molecular flexibility index (Phi) is 5.80. The maximum Gasteiger partial charge on any atom is 0.187 e. The largest absolute Gasteiger partial charge is 0.455 e. The standard InChI is InChI=1S/C49H30N2O/c1-49(2)40-26-28(20-22-30(40)31-23-21-29(50-3)27-41(31)49)44-33-13-4-6-15-35(33)45(36-16-7-5-14-34(36)44)47-39-25-24-37-32-12-9-11-19-43(32)52-48(37)46(39)38-17-8-10-18-42(38)51-47/h4-27H,1-2H3. The van der Waals surface area contributed by atoms with E-state index in [0.29, 0.717) is 5.69 Å². The SMILES string of the molecule is [C-]#[N+]c1ccc2c(c1)C(C)(C)c1cc(-c3c4ccccc4c(-c4nc5ccccc5c5c4ccc4c6ccccc6oc45)c4ccccc34)ccc1-2. The highest BCUT2D eigenvalue weighted by Gasteiger charge is 2.36. The average molecular weight is 663 g/mol. The van der Waals surface area contributed by atoms with Crippen LogP contribution in [-0.4, -0.2) is 4.98 Å². The zero-order chi connectivity index (χ0) is 34.7. The molecule has 3 nitrogen and oxygen atoms in total. The molecule has 0 N–H and O–H groups in total. The monoisotopic (exact) mass is 662 g/mol. The van der Waals surface area contributed by atoms with Crippen LogP contribution in [0.5, 0.6) is 0 Å². The Bertz CT molecular complexity index is 3170. The fraction of sp³-hybridized carbons (Fsp3) is 0.0612. The molecule has 10 aromatic rings. The van der Waals surface area contributed by atoms with Crippen LogP contribution in [0.25, 0.3) is 104 Å². The Labute approximate surface area is 300 Å². The first kappa shape index (κ1) is 29.0. The van der Waals surface area contributed by atoms with E-state index in [-0.39, 0.29) is 5.41 Å². The third-order valence-corrected chi connectivity index (χ3v) is 11.5. The number of para-hydroxylation sites is 2. The third-order valence-electron chi connectivity index (χ3n) is 11.5. The summed E-state index contributed by atoms with van der Waals surface area (Å²) in [6, 6.07) is 51.9. The molecule has 1 aliphatic rings. The van der Waals surface area contributed by atoms with Crippen LogP contribution in [0.4, 0.5) is 5.69 Å². The van der Waals surface area contributed by atoms with Gasteiger partial charge < -0.3 is 4.42 Å². The summed E-state index contributed by atoms with van der Waals surface area (Å²) in [4.78, 5) is 9.22. The van der Waals surface area contributed by atoms with Crippen LogP contribution in [0, 0.1) is 6.57 Å². The summed E-state index contributed by atoms with van der Waals surface area (Å²) >= 11 is 0. The Morgan fingerprint density at radius 3 is 1.83 bits per heavy atom. The van der Waals surface area contributed by atoms with Crippen molar-refractivity contribution in [1.29, 1.82) is 0 Å². The fourth-order valence-electron chi connectivity index (χ4n) is 9.05. The van der Waals surface area contributed by atoms with E-state index in [2.05, 4.69) is 152 Å². The van der Waals surface area contributed by atoms with Crippen LogP contribution >= 0.6 is 0 Å². The minimum Gasteiger partial charge on any atom is -0.455 e. The van der Waals surface area contributed by atoms with Crippen molar-refractivity contribution < 1.29 is 4.42 Å². The van der Waals surface area contributed by atoms with Crippen LogP contribution in [0.3, 0.4) is 0 Å². The minimum atomic E-state index is -0.233. The second-order valence-corrected chi connectivity index (χ2v) is 14.5. The van der Waals surface area contributed by atoms with Gasteiger partial charge in [-0.2, -0.15) is 0 Å². The van der Waals surface area contributed by atoms with Crippen molar-refractivity contribution in [1.82, 2.24) is 4.98 Å². The lowest BCUT2D eigenvalue weighted by Crippen LogP contribution is -2.15. The van der Waals surface area contributed by atoms with Crippen LogP contribution in [-0.2, 0) is 5.41 Å². The molecule has 0 unspecified atom stereocenters. The third kappa shape index (κ3) is 3.81. The van der Waals surface area contributed by atoms with E-state index in [1.807, 2.05) is 12.1 Å². The van der Waals surface area contributed by atoms with Crippen molar-refractivity contribution in [2.45, 2.75) is 19.3 Å². The van der Waals surface area contributed by atoms with Gasteiger partial charge in [0.1, 0.15) is 11.2 Å². The van der Waals surface area contributed by atoms with Crippen molar-refractivity contribution in [2.75, 3.05) is 0 Å². The van der Waals surface area contributed by atoms with Crippen LogP contribution < -0.4 is 0 Å². The molecule has 0 fully saturated rings. The van der Waals surface area contributed by atoms with Gasteiger partial charge >= 0.3 is 0 Å². The van der Waals surface area contributed by atoms with E-state index >= 15 is 0 Å². The fourth-order valence-corrected chi connectivity index (χ4v) is 9.05. The van der Waals surface area contributed by atoms with Gasteiger partial charge in [-0.25, -0.2) is 9.83 Å². The molecule has 11 rings (SSSR count). The molecule has 1 aliphatic carbocycles. The highest BCUT2D eigenvalue weighted by molar-refractivity contribution is 6.28. The summed E-state index contributed by atoms with van der Waals surface area (Å²) in [5, 5.41) is 10.2. The number of rotatable bonds is 2. The summed E-state index contributed by atoms with van der Waals surface area (Å²) in [5.41, 5.74) is 12.6. The molecule has 3 heteroatoms. The summed E-state index contributed by atoms with van der Waals surface area (Å²) in [5.74, 6) is 0. The summed E-state index contributed by atoms with van der Waals surface area (Å²) in [6.07, 6.45) is 0. The molecule has 0 saturated carbocycles. The Hall–Kier alpha value is -6.76. The molecule has 0 amide bonds. The number of hydrogen-bond acceptors (Lipinski definition) is 2. The topological polar surface area (TPSA) is 30.4 Å². The molecule has 2 aromatic heterocycles. The lowest BCUT2D eigenvalue weighted by molar-refractivity contribution is 0.661. The number of pyridine rings is 1. The van der Waals surface area contributed by atoms with Gasteiger partial charge in [0, 0.05) is 37.9 Å². The summed E-state index contributed by atoms with van der Waals surface area (Å²) < 4.78 is 6.66. The van der Waals surface area contributed by atoms with Gasteiger partial charge in [0.2, 0.25) is 0 Å². The molecule has 0 bridgehead atoms. The Morgan fingerprint density at radius 1 is 0.538 bits per heavy atom.